The van der Waals surface area contributed by atoms with E-state index in [0.717, 1.165) is 15.9 Å². The van der Waals surface area contributed by atoms with Gasteiger partial charge in [-0.2, -0.15) is 0 Å². The van der Waals surface area contributed by atoms with E-state index in [2.05, 4.69) is 5.32 Å². The lowest BCUT2D eigenvalue weighted by atomic mass is 10.1. The van der Waals surface area contributed by atoms with Crippen molar-refractivity contribution in [2.75, 3.05) is 24.2 Å². The number of likely N-dealkylation sites (N-methyl/N-ethyl adjacent to an activating group) is 1. The number of anilines is 1. The molecule has 2 amide bonds. The Morgan fingerprint density at radius 2 is 1.64 bits per heavy atom. The van der Waals surface area contributed by atoms with Gasteiger partial charge >= 0.3 is 0 Å². The van der Waals surface area contributed by atoms with E-state index < -0.39 is 40.2 Å². The molecule has 0 aliphatic carbocycles. The molecular weight excluding hydrogens is 445 g/mol. The number of amides is 2. The van der Waals surface area contributed by atoms with Crippen LogP contribution in [0.4, 0.5) is 10.1 Å². The molecule has 0 fully saturated rings. The minimum absolute atomic E-state index is 0.0147. The van der Waals surface area contributed by atoms with Crippen molar-refractivity contribution in [1.29, 1.82) is 0 Å². The van der Waals surface area contributed by atoms with Crippen LogP contribution in [-0.4, -0.2) is 51.0 Å². The van der Waals surface area contributed by atoms with E-state index in [1.54, 1.807) is 31.2 Å². The maximum absolute atomic E-state index is 13.4. The summed E-state index contributed by atoms with van der Waals surface area (Å²) >= 11 is 0. The largest absolute Gasteiger partial charge is 0.357 e. The van der Waals surface area contributed by atoms with E-state index >= 15 is 0 Å². The first kappa shape index (κ1) is 24.2. The summed E-state index contributed by atoms with van der Waals surface area (Å²) in [5.41, 5.74) is 0.981. The molecule has 0 aliphatic heterocycles. The zero-order chi connectivity index (χ0) is 24.2. The summed E-state index contributed by atoms with van der Waals surface area (Å²) in [6.45, 7) is 1.08. The highest BCUT2D eigenvalue weighted by Crippen LogP contribution is 2.28. The molecule has 0 bridgehead atoms. The number of halogens is 1. The Morgan fingerprint density at radius 3 is 2.27 bits per heavy atom. The van der Waals surface area contributed by atoms with E-state index in [-0.39, 0.29) is 6.54 Å². The van der Waals surface area contributed by atoms with Crippen LogP contribution in [0.15, 0.2) is 66.7 Å². The summed E-state index contributed by atoms with van der Waals surface area (Å²) in [6, 6.07) is 17.2. The van der Waals surface area contributed by atoms with E-state index in [4.69, 9.17) is 0 Å². The van der Waals surface area contributed by atoms with Crippen molar-refractivity contribution in [3.05, 3.63) is 78.1 Å². The van der Waals surface area contributed by atoms with Gasteiger partial charge in [0.2, 0.25) is 21.8 Å². The number of nitrogens with one attached hydrogen (secondary N) is 1. The number of hydrogen-bond acceptors (Lipinski definition) is 4. The molecule has 0 radical (unpaired) electrons. The number of sulfonamides is 1. The monoisotopic (exact) mass is 471 g/mol. The summed E-state index contributed by atoms with van der Waals surface area (Å²) in [4.78, 5) is 27.0. The summed E-state index contributed by atoms with van der Waals surface area (Å²) in [7, 11) is -2.38. The molecular formula is C24H26FN3O4S. The molecule has 0 aliphatic rings. The smallest absolute Gasteiger partial charge is 0.244 e. The molecule has 33 heavy (non-hydrogen) atoms. The van der Waals surface area contributed by atoms with Gasteiger partial charge in [-0.1, -0.05) is 48.5 Å². The molecule has 1 unspecified atom stereocenters. The lowest BCUT2D eigenvalue weighted by Crippen LogP contribution is -2.50. The average Bonchev–Trinajstić information content (AvgIpc) is 2.80. The van der Waals surface area contributed by atoms with Gasteiger partial charge in [-0.05, 0) is 36.1 Å². The molecule has 0 aromatic heterocycles. The Hall–Kier alpha value is -3.46. The highest BCUT2D eigenvalue weighted by Gasteiger charge is 2.30. The molecule has 174 valence electrons. The van der Waals surface area contributed by atoms with Crippen LogP contribution in [0.1, 0.15) is 12.5 Å². The molecule has 0 heterocycles. The van der Waals surface area contributed by atoms with Crippen LogP contribution in [0, 0.1) is 5.82 Å². The predicted molar refractivity (Wildman–Crippen MR) is 127 cm³/mol. The topological polar surface area (TPSA) is 86.8 Å². The quantitative estimate of drug-likeness (QED) is 0.547. The molecule has 1 N–H and O–H groups in total. The first-order chi connectivity index (χ1) is 15.6. The van der Waals surface area contributed by atoms with Crippen molar-refractivity contribution in [2.45, 2.75) is 19.5 Å². The Balaban J connectivity index is 1.99. The number of fused-ring (bicyclic) bond motifs is 1. The van der Waals surface area contributed by atoms with Crippen LogP contribution < -0.4 is 9.62 Å². The Bertz CT molecular complexity index is 1260. The molecule has 0 saturated heterocycles. The second-order valence-corrected chi connectivity index (χ2v) is 9.61. The zero-order valence-electron chi connectivity index (χ0n) is 18.7. The van der Waals surface area contributed by atoms with Gasteiger partial charge in [-0.3, -0.25) is 13.9 Å². The SMILES string of the molecule is CNC(=O)C(C)N(Cc1ccc(F)cc1)C(=O)CN(c1cccc2ccccc12)S(C)(=O)=O. The van der Waals surface area contributed by atoms with E-state index in [9.17, 15) is 22.4 Å². The van der Waals surface area contributed by atoms with Gasteiger partial charge in [0.05, 0.1) is 11.9 Å². The van der Waals surface area contributed by atoms with Crippen molar-refractivity contribution < 1.29 is 22.4 Å². The Labute approximate surface area is 192 Å². The van der Waals surface area contributed by atoms with Gasteiger partial charge in [0, 0.05) is 19.0 Å². The average molecular weight is 472 g/mol. The lowest BCUT2D eigenvalue weighted by molar-refractivity contribution is -0.139. The summed E-state index contributed by atoms with van der Waals surface area (Å²) in [5, 5.41) is 4.02. The number of nitrogens with zero attached hydrogens (tertiary/aromatic N) is 2. The second kappa shape index (κ2) is 9.99. The Morgan fingerprint density at radius 1 is 1.00 bits per heavy atom. The van der Waals surface area contributed by atoms with Crippen molar-refractivity contribution in [2.24, 2.45) is 0 Å². The van der Waals surface area contributed by atoms with Crippen molar-refractivity contribution >= 4 is 38.3 Å². The van der Waals surface area contributed by atoms with E-state index in [1.165, 1.54) is 36.2 Å². The fraction of sp³-hybridized carbons (Fsp3) is 0.250. The van der Waals surface area contributed by atoms with Gasteiger partial charge in [-0.25, -0.2) is 12.8 Å². The molecule has 3 aromatic rings. The number of benzene rings is 3. The van der Waals surface area contributed by atoms with E-state index in [1.807, 2.05) is 18.2 Å². The molecule has 0 spiro atoms. The molecule has 7 nitrogen and oxygen atoms in total. The summed E-state index contributed by atoms with van der Waals surface area (Å²) in [6.07, 6.45) is 1.04. The normalized spacial score (nSPS) is 12.2. The summed E-state index contributed by atoms with van der Waals surface area (Å²) < 4.78 is 39.8. The molecule has 3 aromatic carbocycles. The zero-order valence-corrected chi connectivity index (χ0v) is 19.5. The number of hydrogen-bond donors (Lipinski definition) is 1. The third-order valence-electron chi connectivity index (χ3n) is 5.39. The van der Waals surface area contributed by atoms with Crippen molar-refractivity contribution in [3.8, 4) is 0 Å². The van der Waals surface area contributed by atoms with Gasteiger partial charge in [0.1, 0.15) is 18.4 Å². The maximum atomic E-state index is 13.4. The highest BCUT2D eigenvalue weighted by atomic mass is 32.2. The molecule has 1 atom stereocenters. The van der Waals surface area contributed by atoms with Gasteiger partial charge in [0.15, 0.2) is 0 Å². The van der Waals surface area contributed by atoms with Gasteiger partial charge in [-0.15, -0.1) is 0 Å². The van der Waals surface area contributed by atoms with Gasteiger partial charge in [0.25, 0.3) is 0 Å². The second-order valence-electron chi connectivity index (χ2n) is 7.71. The molecule has 0 saturated carbocycles. The minimum Gasteiger partial charge on any atom is -0.357 e. The van der Waals surface area contributed by atoms with Crippen LogP contribution in [0.25, 0.3) is 10.8 Å². The Kier molecular flexibility index (Phi) is 7.33. The molecule has 3 rings (SSSR count). The molecule has 9 heteroatoms. The maximum Gasteiger partial charge on any atom is 0.244 e. The van der Waals surface area contributed by atoms with Crippen LogP contribution in [-0.2, 0) is 26.2 Å². The van der Waals surface area contributed by atoms with Crippen LogP contribution in [0.5, 0.6) is 0 Å². The number of rotatable bonds is 8. The van der Waals surface area contributed by atoms with Gasteiger partial charge < -0.3 is 10.2 Å². The number of carbonyl (C=O) groups is 2. The fourth-order valence-corrected chi connectivity index (χ4v) is 4.46. The lowest BCUT2D eigenvalue weighted by Gasteiger charge is -2.31. The first-order valence-corrected chi connectivity index (χ1v) is 12.2. The fourth-order valence-electron chi connectivity index (χ4n) is 3.60. The standard InChI is InChI=1S/C24H26FN3O4S/c1-17(24(30)26-2)27(15-18-11-13-20(25)14-12-18)23(29)16-28(33(3,31)32)22-10-6-8-19-7-4-5-9-21(19)22/h4-14,17H,15-16H2,1-3H3,(H,26,30). The minimum atomic E-state index is -3.83. The third-order valence-corrected chi connectivity index (χ3v) is 6.52. The van der Waals surface area contributed by atoms with Crippen LogP contribution in [0.3, 0.4) is 0 Å². The van der Waals surface area contributed by atoms with Crippen LogP contribution >= 0.6 is 0 Å². The van der Waals surface area contributed by atoms with Crippen molar-refractivity contribution in [1.82, 2.24) is 10.2 Å². The highest BCUT2D eigenvalue weighted by molar-refractivity contribution is 7.92. The number of carbonyl (C=O) groups excluding carboxylic acids is 2. The van der Waals surface area contributed by atoms with E-state index in [0.29, 0.717) is 16.6 Å². The predicted octanol–water partition coefficient (Wildman–Crippen LogP) is 2.91. The van der Waals surface area contributed by atoms with Crippen molar-refractivity contribution in [3.63, 3.8) is 0 Å². The van der Waals surface area contributed by atoms with Crippen LogP contribution in [0.2, 0.25) is 0 Å². The third kappa shape index (κ3) is 5.67. The first-order valence-electron chi connectivity index (χ1n) is 10.3. The summed E-state index contributed by atoms with van der Waals surface area (Å²) in [5.74, 6) is -1.38.